The third kappa shape index (κ3) is 4.74. The molecule has 1 aliphatic heterocycles. The zero-order valence-electron chi connectivity index (χ0n) is 18.3. The Hall–Kier alpha value is -3.03. The number of ketones is 1. The topological polar surface area (TPSA) is 85.3 Å². The zero-order valence-corrected chi connectivity index (χ0v) is 19.0. The van der Waals surface area contributed by atoms with E-state index in [1.807, 2.05) is 6.92 Å². The molecule has 0 saturated carbocycles. The third-order valence-corrected chi connectivity index (χ3v) is 5.46. The normalized spacial score (nSPS) is 17.6. The molecule has 2 aromatic rings. The number of likely N-dealkylation sites (tertiary alicyclic amines) is 1. The van der Waals surface area contributed by atoms with Crippen LogP contribution in [0.1, 0.15) is 30.5 Å². The van der Waals surface area contributed by atoms with Crippen molar-refractivity contribution in [2.24, 2.45) is 0 Å². The Morgan fingerprint density at radius 1 is 1.09 bits per heavy atom. The monoisotopic (exact) mass is 459 g/mol. The van der Waals surface area contributed by atoms with Crippen molar-refractivity contribution >= 4 is 29.1 Å². The summed E-state index contributed by atoms with van der Waals surface area (Å²) in [5.41, 5.74) is 1.03. The van der Waals surface area contributed by atoms with Crippen LogP contribution in [0.3, 0.4) is 0 Å². The van der Waals surface area contributed by atoms with E-state index in [2.05, 4.69) is 0 Å². The fourth-order valence-electron chi connectivity index (χ4n) is 3.73. The summed E-state index contributed by atoms with van der Waals surface area (Å²) in [6.45, 7) is 3.04. The van der Waals surface area contributed by atoms with Gasteiger partial charge in [0, 0.05) is 30.8 Å². The molecule has 1 N–H and O–H groups in total. The van der Waals surface area contributed by atoms with Crippen molar-refractivity contribution < 1.29 is 28.9 Å². The maximum Gasteiger partial charge on any atom is 0.295 e. The molecule has 1 saturated heterocycles. The number of methoxy groups -OCH3 is 2. The summed E-state index contributed by atoms with van der Waals surface area (Å²) >= 11 is 5.96. The molecule has 1 atom stereocenters. The van der Waals surface area contributed by atoms with Crippen LogP contribution in [0.5, 0.6) is 11.5 Å². The van der Waals surface area contributed by atoms with Crippen LogP contribution in [-0.4, -0.2) is 55.7 Å². The first-order valence-electron chi connectivity index (χ1n) is 10.3. The number of Topliss-reactive ketones (excluding diaryl/α,β-unsaturated/α-hetero) is 1. The Morgan fingerprint density at radius 3 is 2.44 bits per heavy atom. The Labute approximate surface area is 192 Å². The lowest BCUT2D eigenvalue weighted by Gasteiger charge is -2.26. The van der Waals surface area contributed by atoms with Crippen LogP contribution >= 0.6 is 11.6 Å². The standard InChI is InChI=1S/C24H26ClNO6/c1-4-32-18-11-8-16(14-19(18)31-3)21-20(22(27)15-6-9-17(25)10-7-15)23(28)24(29)26(21)12-5-13-30-2/h6-11,14,21,27H,4-5,12-13H2,1-3H3/b22-20+/t21-/m1/s1. The molecule has 0 unspecified atom stereocenters. The van der Waals surface area contributed by atoms with Gasteiger partial charge in [0.2, 0.25) is 0 Å². The van der Waals surface area contributed by atoms with Gasteiger partial charge in [0.1, 0.15) is 5.76 Å². The molecule has 32 heavy (non-hydrogen) atoms. The molecule has 0 bridgehead atoms. The maximum absolute atomic E-state index is 13.0. The van der Waals surface area contributed by atoms with Gasteiger partial charge < -0.3 is 24.2 Å². The van der Waals surface area contributed by atoms with Crippen LogP contribution in [-0.2, 0) is 14.3 Å². The van der Waals surface area contributed by atoms with Crippen LogP contribution in [0.4, 0.5) is 0 Å². The molecule has 3 rings (SSSR count). The fourth-order valence-corrected chi connectivity index (χ4v) is 3.85. The number of aliphatic hydroxyl groups is 1. The van der Waals surface area contributed by atoms with Crippen molar-refractivity contribution in [1.29, 1.82) is 0 Å². The second-order valence-corrected chi connectivity index (χ2v) is 7.63. The molecule has 0 spiro atoms. The molecule has 1 amide bonds. The molecular weight excluding hydrogens is 434 g/mol. The number of rotatable bonds is 9. The summed E-state index contributed by atoms with van der Waals surface area (Å²) in [6, 6.07) is 10.9. The molecule has 0 aromatic heterocycles. The number of halogens is 1. The number of ether oxygens (including phenoxy) is 3. The lowest BCUT2D eigenvalue weighted by atomic mass is 9.95. The van der Waals surface area contributed by atoms with E-state index < -0.39 is 17.7 Å². The molecule has 1 aliphatic rings. The minimum Gasteiger partial charge on any atom is -0.507 e. The van der Waals surface area contributed by atoms with Gasteiger partial charge in [-0.05, 0) is 55.3 Å². The molecule has 1 heterocycles. The van der Waals surface area contributed by atoms with Crippen molar-refractivity contribution in [1.82, 2.24) is 4.90 Å². The van der Waals surface area contributed by atoms with Gasteiger partial charge in [-0.25, -0.2) is 0 Å². The van der Waals surface area contributed by atoms with Crippen molar-refractivity contribution in [3.05, 3.63) is 64.2 Å². The summed E-state index contributed by atoms with van der Waals surface area (Å²) in [5.74, 6) is -0.652. The average Bonchev–Trinajstić information content (AvgIpc) is 3.05. The van der Waals surface area contributed by atoms with E-state index in [-0.39, 0.29) is 17.9 Å². The molecule has 7 nitrogen and oxygen atoms in total. The number of benzene rings is 2. The third-order valence-electron chi connectivity index (χ3n) is 5.21. The van der Waals surface area contributed by atoms with Gasteiger partial charge in [-0.2, -0.15) is 0 Å². The van der Waals surface area contributed by atoms with Crippen LogP contribution in [0.25, 0.3) is 5.76 Å². The number of aliphatic hydroxyl groups excluding tert-OH is 1. The number of carbonyl (C=O) groups is 2. The fraction of sp³-hybridized carbons (Fsp3) is 0.333. The highest BCUT2D eigenvalue weighted by molar-refractivity contribution is 6.46. The SMILES string of the molecule is CCOc1ccc([C@@H]2/C(=C(\O)c3ccc(Cl)cc3)C(=O)C(=O)N2CCCOC)cc1OC. The van der Waals surface area contributed by atoms with Gasteiger partial charge in [-0.15, -0.1) is 0 Å². The largest absolute Gasteiger partial charge is 0.507 e. The minimum absolute atomic E-state index is 0.0148. The van der Waals surface area contributed by atoms with Crippen molar-refractivity contribution in [2.75, 3.05) is 34.0 Å². The van der Waals surface area contributed by atoms with E-state index in [1.165, 1.54) is 12.0 Å². The molecule has 170 valence electrons. The highest BCUT2D eigenvalue weighted by Crippen LogP contribution is 2.42. The van der Waals surface area contributed by atoms with E-state index in [0.717, 1.165) is 0 Å². The van der Waals surface area contributed by atoms with Gasteiger partial charge >= 0.3 is 0 Å². The molecule has 8 heteroatoms. The van der Waals surface area contributed by atoms with Crippen LogP contribution in [0.15, 0.2) is 48.0 Å². The van der Waals surface area contributed by atoms with Gasteiger partial charge in [-0.3, -0.25) is 9.59 Å². The maximum atomic E-state index is 13.0. The van der Waals surface area contributed by atoms with Crippen LogP contribution < -0.4 is 9.47 Å². The molecule has 2 aromatic carbocycles. The lowest BCUT2D eigenvalue weighted by molar-refractivity contribution is -0.140. The van der Waals surface area contributed by atoms with E-state index in [0.29, 0.717) is 47.3 Å². The van der Waals surface area contributed by atoms with Crippen molar-refractivity contribution in [2.45, 2.75) is 19.4 Å². The van der Waals surface area contributed by atoms with Crippen molar-refractivity contribution in [3.8, 4) is 11.5 Å². The number of hydrogen-bond acceptors (Lipinski definition) is 6. The summed E-state index contributed by atoms with van der Waals surface area (Å²) < 4.78 is 16.1. The van der Waals surface area contributed by atoms with Gasteiger partial charge in [-0.1, -0.05) is 17.7 Å². The first-order valence-corrected chi connectivity index (χ1v) is 10.6. The Morgan fingerprint density at radius 2 is 1.81 bits per heavy atom. The number of nitrogens with zero attached hydrogens (tertiary/aromatic N) is 1. The summed E-state index contributed by atoms with van der Waals surface area (Å²) in [7, 11) is 3.09. The molecule has 0 aliphatic carbocycles. The Kier molecular flexibility index (Phi) is 7.77. The lowest BCUT2D eigenvalue weighted by Crippen LogP contribution is -2.31. The van der Waals surface area contributed by atoms with Crippen molar-refractivity contribution in [3.63, 3.8) is 0 Å². The Balaban J connectivity index is 2.14. The quantitative estimate of drug-likeness (QED) is 0.262. The van der Waals surface area contributed by atoms with E-state index >= 15 is 0 Å². The highest BCUT2D eigenvalue weighted by atomic mass is 35.5. The van der Waals surface area contributed by atoms with Crippen LogP contribution in [0, 0.1) is 0 Å². The van der Waals surface area contributed by atoms with E-state index in [4.69, 9.17) is 25.8 Å². The highest BCUT2D eigenvalue weighted by Gasteiger charge is 2.46. The summed E-state index contributed by atoms with van der Waals surface area (Å²) in [6.07, 6.45) is 0.537. The molecular formula is C24H26ClNO6. The number of amides is 1. The summed E-state index contributed by atoms with van der Waals surface area (Å²) in [4.78, 5) is 27.4. The average molecular weight is 460 g/mol. The summed E-state index contributed by atoms with van der Waals surface area (Å²) in [5, 5.41) is 11.5. The first kappa shape index (κ1) is 23.6. The van der Waals surface area contributed by atoms with Gasteiger partial charge in [0.25, 0.3) is 11.7 Å². The van der Waals surface area contributed by atoms with E-state index in [9.17, 15) is 14.7 Å². The molecule has 0 radical (unpaired) electrons. The second-order valence-electron chi connectivity index (χ2n) is 7.19. The minimum atomic E-state index is -0.785. The first-order chi connectivity index (χ1) is 15.4. The predicted octanol–water partition coefficient (Wildman–Crippen LogP) is 4.21. The zero-order chi connectivity index (χ0) is 23.3. The Bertz CT molecular complexity index is 1020. The van der Waals surface area contributed by atoms with Crippen LogP contribution in [0.2, 0.25) is 5.02 Å². The number of carbonyl (C=O) groups excluding carboxylic acids is 2. The van der Waals surface area contributed by atoms with Gasteiger partial charge in [0.05, 0.1) is 25.3 Å². The predicted molar refractivity (Wildman–Crippen MR) is 121 cm³/mol. The molecule has 1 fully saturated rings. The van der Waals surface area contributed by atoms with Gasteiger partial charge in [0.15, 0.2) is 11.5 Å². The van der Waals surface area contributed by atoms with E-state index in [1.54, 1.807) is 49.6 Å². The number of hydrogen-bond donors (Lipinski definition) is 1. The smallest absolute Gasteiger partial charge is 0.295 e. The second kappa shape index (κ2) is 10.5.